The Kier molecular flexibility index (Phi) is 6.04. The standard InChI is InChI=1S/C26H25N3O5S/c1-17(18-9-11-20(12-10-18)35(2,31)32)27-16-26(30)29-22(24-8-5-13-33-24)15-21(28-29)25-14-19-6-3-4-7-23(19)34-25/h3-14,17,22,27H,15-16H2,1-2H3/t17-,22+/m0/s1. The van der Waals surface area contributed by atoms with E-state index < -0.39 is 9.84 Å². The fourth-order valence-electron chi connectivity index (χ4n) is 4.16. The molecule has 5 rings (SSSR count). The van der Waals surface area contributed by atoms with Crippen molar-refractivity contribution in [2.24, 2.45) is 5.10 Å². The van der Waals surface area contributed by atoms with Crippen LogP contribution in [0.2, 0.25) is 0 Å². The van der Waals surface area contributed by atoms with E-state index in [0.29, 0.717) is 23.7 Å². The molecular weight excluding hydrogens is 466 g/mol. The number of hydrazone groups is 1. The summed E-state index contributed by atoms with van der Waals surface area (Å²) >= 11 is 0. The smallest absolute Gasteiger partial charge is 0.257 e. The van der Waals surface area contributed by atoms with E-state index in [1.54, 1.807) is 36.6 Å². The summed E-state index contributed by atoms with van der Waals surface area (Å²) in [5, 5.41) is 10.3. The molecular formula is C26H25N3O5S. The minimum Gasteiger partial charge on any atom is -0.467 e. The molecule has 1 amide bonds. The van der Waals surface area contributed by atoms with Crippen molar-refractivity contribution in [3.8, 4) is 0 Å². The summed E-state index contributed by atoms with van der Waals surface area (Å²) in [6, 6.07) is 19.4. The van der Waals surface area contributed by atoms with Gasteiger partial charge in [-0.2, -0.15) is 5.10 Å². The van der Waals surface area contributed by atoms with Crippen LogP contribution < -0.4 is 5.32 Å². The Balaban J connectivity index is 1.33. The normalized spacial score (nSPS) is 17.0. The van der Waals surface area contributed by atoms with E-state index in [1.165, 1.54) is 11.3 Å². The second-order valence-electron chi connectivity index (χ2n) is 8.61. The number of carbonyl (C=O) groups excluding carboxylic acids is 1. The number of rotatable bonds is 7. The second kappa shape index (κ2) is 9.16. The van der Waals surface area contributed by atoms with Gasteiger partial charge in [0.1, 0.15) is 23.1 Å². The van der Waals surface area contributed by atoms with Crippen LogP contribution in [-0.4, -0.2) is 37.8 Å². The monoisotopic (exact) mass is 491 g/mol. The van der Waals surface area contributed by atoms with Gasteiger partial charge >= 0.3 is 0 Å². The van der Waals surface area contributed by atoms with E-state index in [0.717, 1.165) is 16.5 Å². The third kappa shape index (κ3) is 4.78. The molecule has 4 aromatic rings. The third-order valence-corrected chi connectivity index (χ3v) is 7.24. The highest BCUT2D eigenvalue weighted by Gasteiger charge is 2.36. The van der Waals surface area contributed by atoms with E-state index in [2.05, 4.69) is 10.4 Å². The van der Waals surface area contributed by atoms with Gasteiger partial charge in [0.15, 0.2) is 15.6 Å². The number of furan rings is 2. The van der Waals surface area contributed by atoms with Crippen LogP contribution >= 0.6 is 0 Å². The molecule has 9 heteroatoms. The molecule has 2 atom stereocenters. The molecule has 1 N–H and O–H groups in total. The molecule has 35 heavy (non-hydrogen) atoms. The molecule has 3 heterocycles. The predicted octanol–water partition coefficient (Wildman–Crippen LogP) is 4.46. The average Bonchev–Trinajstić information content (AvgIpc) is 3.60. The van der Waals surface area contributed by atoms with Gasteiger partial charge in [0.2, 0.25) is 0 Å². The number of fused-ring (bicyclic) bond motifs is 1. The molecule has 0 bridgehead atoms. The highest BCUT2D eigenvalue weighted by Crippen LogP contribution is 2.34. The SMILES string of the molecule is C[C@H](NCC(=O)N1N=C(c2cc3ccccc3o2)C[C@@H]1c1ccco1)c1ccc(S(C)(=O)=O)cc1. The van der Waals surface area contributed by atoms with E-state index in [4.69, 9.17) is 8.83 Å². The van der Waals surface area contributed by atoms with Crippen molar-refractivity contribution >= 4 is 32.4 Å². The van der Waals surface area contributed by atoms with Crippen LogP contribution in [0.4, 0.5) is 0 Å². The zero-order chi connectivity index (χ0) is 24.6. The van der Waals surface area contributed by atoms with Crippen LogP contribution in [0.3, 0.4) is 0 Å². The van der Waals surface area contributed by atoms with Gasteiger partial charge in [-0.25, -0.2) is 13.4 Å². The number of sulfone groups is 1. The van der Waals surface area contributed by atoms with Crippen LogP contribution in [0.25, 0.3) is 11.0 Å². The number of nitrogens with one attached hydrogen (secondary N) is 1. The number of amides is 1. The minimum absolute atomic E-state index is 0.0448. The first-order valence-corrected chi connectivity index (χ1v) is 13.1. The highest BCUT2D eigenvalue weighted by molar-refractivity contribution is 7.90. The van der Waals surface area contributed by atoms with Crippen LogP contribution in [0.15, 0.2) is 91.8 Å². The third-order valence-electron chi connectivity index (χ3n) is 6.12. The number of carbonyl (C=O) groups is 1. The van der Waals surface area contributed by atoms with Gasteiger partial charge in [-0.05, 0) is 48.9 Å². The lowest BCUT2D eigenvalue weighted by Crippen LogP contribution is -2.36. The Hall–Kier alpha value is -3.69. The molecule has 2 aromatic carbocycles. The Morgan fingerprint density at radius 2 is 1.91 bits per heavy atom. The van der Waals surface area contributed by atoms with Crippen molar-refractivity contribution in [2.45, 2.75) is 30.3 Å². The van der Waals surface area contributed by atoms with Crippen molar-refractivity contribution in [3.05, 3.63) is 90.1 Å². The van der Waals surface area contributed by atoms with Gasteiger partial charge in [0.05, 0.1) is 17.7 Å². The summed E-state index contributed by atoms with van der Waals surface area (Å²) < 4.78 is 35.0. The minimum atomic E-state index is -3.26. The molecule has 0 fully saturated rings. The zero-order valence-electron chi connectivity index (χ0n) is 19.3. The predicted molar refractivity (Wildman–Crippen MR) is 132 cm³/mol. The van der Waals surface area contributed by atoms with Gasteiger partial charge < -0.3 is 14.2 Å². The summed E-state index contributed by atoms with van der Waals surface area (Å²) in [4.78, 5) is 13.5. The van der Waals surface area contributed by atoms with Crippen LogP contribution in [0, 0.1) is 0 Å². The number of benzene rings is 2. The molecule has 0 spiro atoms. The van der Waals surface area contributed by atoms with Crippen molar-refractivity contribution in [1.82, 2.24) is 10.3 Å². The number of hydrogen-bond acceptors (Lipinski definition) is 7. The molecule has 180 valence electrons. The van der Waals surface area contributed by atoms with E-state index >= 15 is 0 Å². The average molecular weight is 492 g/mol. The van der Waals surface area contributed by atoms with Crippen LogP contribution in [0.1, 0.15) is 42.5 Å². The maximum absolute atomic E-state index is 13.2. The topological polar surface area (TPSA) is 105 Å². The zero-order valence-corrected chi connectivity index (χ0v) is 20.2. The summed E-state index contributed by atoms with van der Waals surface area (Å²) in [6.45, 7) is 1.96. The fourth-order valence-corrected chi connectivity index (χ4v) is 4.79. The molecule has 0 saturated heterocycles. The molecule has 0 unspecified atom stereocenters. The Labute approximate surface area is 203 Å². The summed E-state index contributed by atoms with van der Waals surface area (Å²) in [6.07, 6.45) is 3.23. The van der Waals surface area contributed by atoms with Crippen molar-refractivity contribution < 1.29 is 22.0 Å². The van der Waals surface area contributed by atoms with Gasteiger partial charge in [-0.3, -0.25) is 4.79 Å². The molecule has 0 radical (unpaired) electrons. The Morgan fingerprint density at radius 1 is 1.14 bits per heavy atom. The van der Waals surface area contributed by atoms with E-state index in [9.17, 15) is 13.2 Å². The quantitative estimate of drug-likeness (QED) is 0.409. The molecule has 0 aliphatic carbocycles. The molecule has 2 aromatic heterocycles. The van der Waals surface area contributed by atoms with Crippen LogP contribution in [0.5, 0.6) is 0 Å². The summed E-state index contributed by atoms with van der Waals surface area (Å²) in [5.74, 6) is 1.07. The Bertz CT molecular complexity index is 1450. The van der Waals surface area contributed by atoms with Gasteiger partial charge in [0.25, 0.3) is 5.91 Å². The molecule has 1 aliphatic heterocycles. The lowest BCUT2D eigenvalue weighted by Gasteiger charge is -2.21. The largest absolute Gasteiger partial charge is 0.467 e. The Morgan fingerprint density at radius 3 is 2.60 bits per heavy atom. The van der Waals surface area contributed by atoms with Crippen molar-refractivity contribution in [1.29, 1.82) is 0 Å². The summed E-state index contributed by atoms with van der Waals surface area (Å²) in [7, 11) is -3.26. The number of nitrogens with zero attached hydrogens (tertiary/aromatic N) is 2. The van der Waals surface area contributed by atoms with Gasteiger partial charge in [-0.1, -0.05) is 30.3 Å². The number of hydrogen-bond donors (Lipinski definition) is 1. The lowest BCUT2D eigenvalue weighted by molar-refractivity contribution is -0.132. The van der Waals surface area contributed by atoms with Crippen LogP contribution in [-0.2, 0) is 14.6 Å². The van der Waals surface area contributed by atoms with Gasteiger partial charge in [0, 0.05) is 24.1 Å². The van der Waals surface area contributed by atoms with Crippen molar-refractivity contribution in [2.75, 3.05) is 12.8 Å². The van der Waals surface area contributed by atoms with Crippen molar-refractivity contribution in [3.63, 3.8) is 0 Å². The first-order valence-electron chi connectivity index (χ1n) is 11.2. The molecule has 0 saturated carbocycles. The first kappa shape index (κ1) is 23.1. The molecule has 8 nitrogen and oxygen atoms in total. The lowest BCUT2D eigenvalue weighted by atomic mass is 10.1. The highest BCUT2D eigenvalue weighted by atomic mass is 32.2. The van der Waals surface area contributed by atoms with E-state index in [-0.39, 0.29) is 29.4 Å². The molecule has 1 aliphatic rings. The fraction of sp³-hybridized carbons (Fsp3) is 0.231. The maximum Gasteiger partial charge on any atom is 0.257 e. The van der Waals surface area contributed by atoms with E-state index in [1.807, 2.05) is 43.3 Å². The number of para-hydroxylation sites is 1. The second-order valence-corrected chi connectivity index (χ2v) is 10.6. The van der Waals surface area contributed by atoms with Gasteiger partial charge in [-0.15, -0.1) is 0 Å². The first-order chi connectivity index (χ1) is 16.8. The maximum atomic E-state index is 13.2. The summed E-state index contributed by atoms with van der Waals surface area (Å²) in [5.41, 5.74) is 2.32.